The monoisotopic (exact) mass is 209 g/mol. The van der Waals surface area contributed by atoms with Gasteiger partial charge < -0.3 is 15.8 Å². The summed E-state index contributed by atoms with van der Waals surface area (Å²) in [5.74, 6) is 3.43. The zero-order chi connectivity index (χ0) is 11.3. The largest absolute Gasteiger partial charge is 0.481 e. The van der Waals surface area contributed by atoms with E-state index in [4.69, 9.17) is 10.9 Å². The second kappa shape index (κ2) is 4.97. The van der Waals surface area contributed by atoms with Gasteiger partial charge in [0.2, 0.25) is 5.91 Å². The van der Waals surface area contributed by atoms with Crippen LogP contribution in [0, 0.1) is 0 Å². The summed E-state index contributed by atoms with van der Waals surface area (Å²) in [5, 5.41) is 10.8. The Labute approximate surface area is 86.1 Å². The number of carboxylic acid groups (broad SMARTS) is 1. The Morgan fingerprint density at radius 2 is 1.73 bits per heavy atom. The van der Waals surface area contributed by atoms with E-state index in [0.29, 0.717) is 11.4 Å². The number of carboxylic acids is 1. The van der Waals surface area contributed by atoms with Crippen molar-refractivity contribution >= 4 is 23.3 Å². The average Bonchev–Trinajstić information content (AvgIpc) is 2.17. The Bertz CT molecular complexity index is 361. The van der Waals surface area contributed by atoms with Crippen LogP contribution in [0.25, 0.3) is 0 Å². The van der Waals surface area contributed by atoms with E-state index in [1.165, 1.54) is 0 Å². The molecule has 0 aliphatic rings. The fourth-order valence-electron chi connectivity index (χ4n) is 0.992. The molecule has 6 nitrogen and oxygen atoms in total. The van der Waals surface area contributed by atoms with Crippen LogP contribution in [0.15, 0.2) is 24.3 Å². The molecule has 1 rings (SSSR count). The molecule has 80 valence electrons. The molecule has 1 amide bonds. The zero-order valence-corrected chi connectivity index (χ0v) is 7.86. The number of nitrogens with two attached hydrogens (primary N) is 1. The Morgan fingerprint density at radius 3 is 2.20 bits per heavy atom. The summed E-state index contributed by atoms with van der Waals surface area (Å²) in [4.78, 5) is 21.3. The van der Waals surface area contributed by atoms with Gasteiger partial charge in [0.05, 0.1) is 0 Å². The number of aliphatic carboxylic acids is 1. The van der Waals surface area contributed by atoms with Crippen molar-refractivity contribution < 1.29 is 14.7 Å². The Kier molecular flexibility index (Phi) is 3.64. The zero-order valence-electron chi connectivity index (χ0n) is 7.86. The first-order chi connectivity index (χ1) is 7.11. The van der Waals surface area contributed by atoms with Crippen LogP contribution in [-0.2, 0) is 9.59 Å². The molecule has 1 aromatic rings. The molecule has 6 heteroatoms. The van der Waals surface area contributed by atoms with E-state index in [0.717, 1.165) is 0 Å². The van der Waals surface area contributed by atoms with E-state index in [1.807, 2.05) is 0 Å². The van der Waals surface area contributed by atoms with Gasteiger partial charge in [-0.15, -0.1) is 0 Å². The summed E-state index contributed by atoms with van der Waals surface area (Å²) < 4.78 is 0. The number of nitrogens with one attached hydrogen (secondary N) is 2. The van der Waals surface area contributed by atoms with Crippen LogP contribution in [-0.4, -0.2) is 17.0 Å². The number of nitrogen functional groups attached to an aromatic ring is 1. The van der Waals surface area contributed by atoms with Crippen molar-refractivity contribution in [3.8, 4) is 0 Å². The summed E-state index contributed by atoms with van der Waals surface area (Å²) in [6.45, 7) is 0. The maximum Gasteiger partial charge on any atom is 0.312 e. The number of hydrogen-bond donors (Lipinski definition) is 4. The smallest absolute Gasteiger partial charge is 0.312 e. The third-order valence-electron chi connectivity index (χ3n) is 1.65. The van der Waals surface area contributed by atoms with Crippen LogP contribution in [0.2, 0.25) is 0 Å². The highest BCUT2D eigenvalue weighted by Crippen LogP contribution is 2.12. The predicted molar refractivity (Wildman–Crippen MR) is 55.1 cm³/mol. The van der Waals surface area contributed by atoms with Crippen molar-refractivity contribution in [1.29, 1.82) is 0 Å². The van der Waals surface area contributed by atoms with Crippen LogP contribution in [0.3, 0.4) is 0 Å². The second-order valence-corrected chi connectivity index (χ2v) is 2.84. The van der Waals surface area contributed by atoms with Crippen molar-refractivity contribution in [2.24, 2.45) is 5.84 Å². The molecule has 0 aliphatic carbocycles. The van der Waals surface area contributed by atoms with Gasteiger partial charge in [-0.25, -0.2) is 0 Å². The molecule has 0 aliphatic heterocycles. The van der Waals surface area contributed by atoms with Crippen LogP contribution < -0.4 is 16.6 Å². The van der Waals surface area contributed by atoms with Gasteiger partial charge in [-0.1, -0.05) is 0 Å². The Balaban J connectivity index is 2.57. The number of benzene rings is 1. The molecule has 0 saturated carbocycles. The van der Waals surface area contributed by atoms with E-state index in [-0.39, 0.29) is 0 Å². The molecule has 0 aromatic heterocycles. The lowest BCUT2D eigenvalue weighted by Gasteiger charge is -2.04. The fourth-order valence-corrected chi connectivity index (χ4v) is 0.992. The van der Waals surface area contributed by atoms with Gasteiger partial charge in [0.15, 0.2) is 0 Å². The first-order valence-corrected chi connectivity index (χ1v) is 4.20. The molecular formula is C9H11N3O3. The molecule has 15 heavy (non-hydrogen) atoms. The quantitative estimate of drug-likeness (QED) is 0.326. The highest BCUT2D eigenvalue weighted by atomic mass is 16.4. The summed E-state index contributed by atoms with van der Waals surface area (Å²) >= 11 is 0. The minimum absolute atomic E-state index is 0.528. The highest BCUT2D eigenvalue weighted by Gasteiger charge is 2.07. The van der Waals surface area contributed by atoms with E-state index in [1.54, 1.807) is 24.3 Å². The van der Waals surface area contributed by atoms with Crippen molar-refractivity contribution in [3.05, 3.63) is 24.3 Å². The Morgan fingerprint density at radius 1 is 1.20 bits per heavy atom. The van der Waals surface area contributed by atoms with E-state index in [9.17, 15) is 9.59 Å². The third kappa shape index (κ3) is 3.65. The van der Waals surface area contributed by atoms with Gasteiger partial charge in [-0.2, -0.15) is 0 Å². The van der Waals surface area contributed by atoms with Gasteiger partial charge in [-0.05, 0) is 24.3 Å². The van der Waals surface area contributed by atoms with Gasteiger partial charge >= 0.3 is 5.97 Å². The van der Waals surface area contributed by atoms with Crippen molar-refractivity contribution in [1.82, 2.24) is 0 Å². The van der Waals surface area contributed by atoms with E-state index in [2.05, 4.69) is 10.7 Å². The number of carbonyl (C=O) groups excluding carboxylic acids is 1. The van der Waals surface area contributed by atoms with Gasteiger partial charge in [-0.3, -0.25) is 15.4 Å². The summed E-state index contributed by atoms with van der Waals surface area (Å²) in [6, 6.07) is 6.57. The lowest BCUT2D eigenvalue weighted by molar-refractivity contribution is -0.139. The first kappa shape index (κ1) is 11.0. The molecular weight excluding hydrogens is 198 g/mol. The lowest BCUT2D eigenvalue weighted by atomic mass is 10.3. The maximum atomic E-state index is 11.0. The normalized spacial score (nSPS) is 9.40. The highest BCUT2D eigenvalue weighted by molar-refractivity contribution is 6.01. The topological polar surface area (TPSA) is 104 Å². The molecule has 0 atom stereocenters. The number of amides is 1. The molecule has 0 radical (unpaired) electrons. The van der Waals surface area contributed by atoms with Gasteiger partial charge in [0.1, 0.15) is 6.42 Å². The molecule has 5 N–H and O–H groups in total. The molecule has 0 saturated heterocycles. The Hall–Kier alpha value is -2.08. The lowest BCUT2D eigenvalue weighted by Crippen LogP contribution is -2.15. The molecule has 0 fully saturated rings. The number of hydrazine groups is 1. The minimum Gasteiger partial charge on any atom is -0.481 e. The van der Waals surface area contributed by atoms with Gasteiger partial charge in [0.25, 0.3) is 0 Å². The van der Waals surface area contributed by atoms with Crippen molar-refractivity contribution in [3.63, 3.8) is 0 Å². The minimum atomic E-state index is -1.16. The summed E-state index contributed by atoms with van der Waals surface area (Å²) in [6.07, 6.45) is -0.545. The molecule has 0 unspecified atom stereocenters. The summed E-state index contributed by atoms with van der Waals surface area (Å²) in [5.41, 5.74) is 3.66. The first-order valence-electron chi connectivity index (χ1n) is 4.20. The van der Waals surface area contributed by atoms with Crippen LogP contribution in [0.1, 0.15) is 6.42 Å². The molecule has 1 aromatic carbocycles. The van der Waals surface area contributed by atoms with E-state index >= 15 is 0 Å². The van der Waals surface area contributed by atoms with Crippen molar-refractivity contribution in [2.45, 2.75) is 6.42 Å². The van der Waals surface area contributed by atoms with Crippen LogP contribution >= 0.6 is 0 Å². The fraction of sp³-hybridized carbons (Fsp3) is 0.111. The SMILES string of the molecule is NNc1ccc(NC(=O)CC(=O)O)cc1. The second-order valence-electron chi connectivity index (χ2n) is 2.84. The number of hydrogen-bond acceptors (Lipinski definition) is 4. The predicted octanol–water partition coefficient (Wildman–Crippen LogP) is 0.385. The van der Waals surface area contributed by atoms with E-state index < -0.39 is 18.3 Å². The number of rotatable bonds is 4. The van der Waals surface area contributed by atoms with Crippen LogP contribution in [0.5, 0.6) is 0 Å². The standard InChI is InChI=1S/C9H11N3O3/c10-12-7-3-1-6(2-4-7)11-8(13)5-9(14)15/h1-4,12H,5,10H2,(H,11,13)(H,14,15). The molecule has 0 spiro atoms. The van der Waals surface area contributed by atoms with Crippen molar-refractivity contribution in [2.75, 3.05) is 10.7 Å². The number of anilines is 2. The molecule has 0 heterocycles. The molecule has 0 bridgehead atoms. The van der Waals surface area contributed by atoms with Crippen LogP contribution in [0.4, 0.5) is 11.4 Å². The number of carbonyl (C=O) groups is 2. The maximum absolute atomic E-state index is 11.0. The third-order valence-corrected chi connectivity index (χ3v) is 1.65. The van der Waals surface area contributed by atoms with Gasteiger partial charge in [0, 0.05) is 11.4 Å². The average molecular weight is 209 g/mol. The summed E-state index contributed by atoms with van der Waals surface area (Å²) in [7, 11) is 0.